The first-order chi connectivity index (χ1) is 6.76. The van der Waals surface area contributed by atoms with Crippen molar-refractivity contribution in [2.24, 2.45) is 0 Å². The monoisotopic (exact) mass is 210 g/mol. The van der Waals surface area contributed by atoms with Crippen molar-refractivity contribution in [2.75, 3.05) is 6.26 Å². The van der Waals surface area contributed by atoms with E-state index in [1.807, 2.05) is 13.2 Å². The van der Waals surface area contributed by atoms with Crippen LogP contribution >= 0.6 is 11.9 Å². The minimum Gasteiger partial charge on any atom is -0.267 e. The molecule has 0 N–H and O–H groups in total. The molecule has 0 aromatic carbocycles. The zero-order chi connectivity index (χ0) is 10.1. The minimum atomic E-state index is -0.125. The van der Waals surface area contributed by atoms with Gasteiger partial charge in [0.2, 0.25) is 5.78 Å². The largest absolute Gasteiger partial charge is 0.275 e. The maximum absolute atomic E-state index is 11.5. The lowest BCUT2D eigenvalue weighted by molar-refractivity contribution is 0.874. The molecule has 0 atom stereocenters. The predicted molar refractivity (Wildman–Crippen MR) is 55.5 cm³/mol. The van der Waals surface area contributed by atoms with Gasteiger partial charge in [0.1, 0.15) is 6.33 Å². The number of hydrogen-bond acceptors (Lipinski definition) is 4. The van der Waals surface area contributed by atoms with Crippen molar-refractivity contribution in [2.45, 2.75) is 13.3 Å². The molecule has 0 radical (unpaired) electrons. The highest BCUT2D eigenvalue weighted by Gasteiger charge is 2.06. The molecule has 0 saturated heterocycles. The average molecular weight is 210 g/mol. The third kappa shape index (κ3) is 1.31. The van der Waals surface area contributed by atoms with Crippen LogP contribution in [0.5, 0.6) is 0 Å². The van der Waals surface area contributed by atoms with Gasteiger partial charge in [-0.3, -0.25) is 4.79 Å². The van der Waals surface area contributed by atoms with E-state index in [2.05, 4.69) is 10.1 Å². The first kappa shape index (κ1) is 9.26. The molecule has 0 saturated carbocycles. The Morgan fingerprint density at radius 3 is 3.00 bits per heavy atom. The van der Waals surface area contributed by atoms with Gasteiger partial charge in [0.15, 0.2) is 0 Å². The number of nitrogens with zero attached hydrogens (tertiary/aromatic N) is 4. The van der Waals surface area contributed by atoms with E-state index in [1.165, 1.54) is 22.5 Å². The first-order valence-corrected chi connectivity index (χ1v) is 5.45. The Hall–Kier alpha value is -1.30. The molecular weight excluding hydrogens is 200 g/mol. The van der Waals surface area contributed by atoms with Crippen LogP contribution in [-0.4, -0.2) is 24.8 Å². The summed E-state index contributed by atoms with van der Waals surface area (Å²) in [5.74, 6) is 0.585. The van der Waals surface area contributed by atoms with E-state index >= 15 is 0 Å². The highest BCUT2D eigenvalue weighted by Crippen LogP contribution is 2.05. The van der Waals surface area contributed by atoms with E-state index in [9.17, 15) is 4.79 Å². The zero-order valence-electron chi connectivity index (χ0n) is 7.97. The summed E-state index contributed by atoms with van der Waals surface area (Å²) in [4.78, 5) is 15.9. The Balaban J connectivity index is 2.80. The van der Waals surface area contributed by atoms with Crippen LogP contribution in [-0.2, 0) is 6.42 Å². The molecule has 6 heteroatoms. The van der Waals surface area contributed by atoms with Crippen LogP contribution < -0.4 is 5.56 Å². The van der Waals surface area contributed by atoms with Crippen molar-refractivity contribution < 1.29 is 0 Å². The fourth-order valence-electron chi connectivity index (χ4n) is 1.22. The fraction of sp³-hybridized carbons (Fsp3) is 0.375. The van der Waals surface area contributed by atoms with Crippen molar-refractivity contribution in [1.29, 1.82) is 0 Å². The fourth-order valence-corrected chi connectivity index (χ4v) is 1.64. The van der Waals surface area contributed by atoms with Gasteiger partial charge in [-0.25, -0.2) is 8.96 Å². The summed E-state index contributed by atoms with van der Waals surface area (Å²) in [6.45, 7) is 1.97. The van der Waals surface area contributed by atoms with Crippen molar-refractivity contribution in [3.8, 4) is 0 Å². The summed E-state index contributed by atoms with van der Waals surface area (Å²) >= 11 is 1.46. The van der Waals surface area contributed by atoms with Crippen LogP contribution in [0.1, 0.15) is 12.6 Å². The summed E-state index contributed by atoms with van der Waals surface area (Å²) in [6.07, 6.45) is 4.26. The highest BCUT2D eigenvalue weighted by atomic mass is 32.2. The smallest absolute Gasteiger partial charge is 0.267 e. The summed E-state index contributed by atoms with van der Waals surface area (Å²) in [6, 6.07) is 1.52. The molecule has 5 nitrogen and oxygen atoms in total. The van der Waals surface area contributed by atoms with Gasteiger partial charge in [0, 0.05) is 18.0 Å². The predicted octanol–water partition coefficient (Wildman–Crippen LogP) is 0.579. The van der Waals surface area contributed by atoms with Crippen LogP contribution in [0.25, 0.3) is 5.78 Å². The van der Waals surface area contributed by atoms with E-state index in [0.29, 0.717) is 5.78 Å². The molecule has 0 unspecified atom stereocenters. The SMILES string of the molecule is CCc1cc(=O)n2ncn(SC)c2n1. The molecule has 0 aliphatic rings. The molecule has 0 fully saturated rings. The Kier molecular flexibility index (Phi) is 2.28. The number of aryl methyl sites for hydroxylation is 1. The molecule has 0 amide bonds. The van der Waals surface area contributed by atoms with E-state index in [0.717, 1.165) is 12.1 Å². The lowest BCUT2D eigenvalue weighted by Gasteiger charge is -1.98. The molecule has 14 heavy (non-hydrogen) atoms. The van der Waals surface area contributed by atoms with Gasteiger partial charge < -0.3 is 0 Å². The molecular formula is C8H10N4OS. The van der Waals surface area contributed by atoms with Gasteiger partial charge in [-0.1, -0.05) is 6.92 Å². The molecule has 0 bridgehead atoms. The van der Waals surface area contributed by atoms with Gasteiger partial charge >= 0.3 is 0 Å². The molecule has 0 aliphatic carbocycles. The molecule has 2 rings (SSSR count). The quantitative estimate of drug-likeness (QED) is 0.727. The first-order valence-electron chi connectivity index (χ1n) is 4.27. The zero-order valence-corrected chi connectivity index (χ0v) is 8.78. The average Bonchev–Trinajstić information content (AvgIpc) is 2.61. The van der Waals surface area contributed by atoms with E-state index in [1.54, 1.807) is 10.3 Å². The highest BCUT2D eigenvalue weighted by molar-refractivity contribution is 7.97. The van der Waals surface area contributed by atoms with Crippen LogP contribution in [0.2, 0.25) is 0 Å². The van der Waals surface area contributed by atoms with Gasteiger partial charge in [0.25, 0.3) is 5.56 Å². The maximum Gasteiger partial charge on any atom is 0.275 e. The summed E-state index contributed by atoms with van der Waals surface area (Å²) in [7, 11) is 0. The maximum atomic E-state index is 11.5. The third-order valence-corrected chi connectivity index (χ3v) is 2.61. The van der Waals surface area contributed by atoms with Crippen molar-refractivity contribution in [3.05, 3.63) is 28.4 Å². The Morgan fingerprint density at radius 2 is 2.36 bits per heavy atom. The number of aromatic nitrogens is 4. The van der Waals surface area contributed by atoms with E-state index < -0.39 is 0 Å². The Labute approximate surface area is 84.9 Å². The van der Waals surface area contributed by atoms with Crippen LogP contribution in [0.3, 0.4) is 0 Å². The molecule has 74 valence electrons. The summed E-state index contributed by atoms with van der Waals surface area (Å²) in [5.41, 5.74) is 0.672. The minimum absolute atomic E-state index is 0.125. The van der Waals surface area contributed by atoms with Crippen molar-refractivity contribution in [3.63, 3.8) is 0 Å². The van der Waals surface area contributed by atoms with Crippen LogP contribution in [0, 0.1) is 0 Å². The van der Waals surface area contributed by atoms with Crippen molar-refractivity contribution >= 4 is 17.7 Å². The lowest BCUT2D eigenvalue weighted by Crippen LogP contribution is -2.15. The second-order valence-corrected chi connectivity index (χ2v) is 3.55. The lowest BCUT2D eigenvalue weighted by atomic mass is 10.3. The van der Waals surface area contributed by atoms with Gasteiger partial charge in [-0.05, 0) is 18.4 Å². The molecule has 0 aliphatic heterocycles. The Bertz CT molecular complexity index is 516. The Morgan fingerprint density at radius 1 is 1.57 bits per heavy atom. The standard InChI is InChI=1S/C8H10N4OS/c1-3-6-4-7(13)12-8(10-6)11(14-2)5-9-12/h4-5H,3H2,1-2H3. The van der Waals surface area contributed by atoms with Gasteiger partial charge in [0.05, 0.1) is 0 Å². The second-order valence-electron chi connectivity index (χ2n) is 2.79. The number of rotatable bonds is 2. The molecule has 2 aromatic heterocycles. The summed E-state index contributed by atoms with van der Waals surface area (Å²) in [5, 5.41) is 3.95. The van der Waals surface area contributed by atoms with Crippen molar-refractivity contribution in [1.82, 2.24) is 18.6 Å². The number of fused-ring (bicyclic) bond motifs is 1. The van der Waals surface area contributed by atoms with E-state index in [-0.39, 0.29) is 5.56 Å². The summed E-state index contributed by atoms with van der Waals surface area (Å²) < 4.78 is 3.07. The topological polar surface area (TPSA) is 52.2 Å². The molecule has 2 aromatic rings. The third-order valence-electron chi connectivity index (χ3n) is 1.96. The van der Waals surface area contributed by atoms with Crippen LogP contribution in [0.15, 0.2) is 17.2 Å². The molecule has 0 spiro atoms. The van der Waals surface area contributed by atoms with E-state index in [4.69, 9.17) is 0 Å². The molecule has 2 heterocycles. The van der Waals surface area contributed by atoms with Gasteiger partial charge in [-0.2, -0.15) is 9.61 Å². The second kappa shape index (κ2) is 3.45. The number of hydrogen-bond donors (Lipinski definition) is 0. The normalized spacial score (nSPS) is 11.0. The van der Waals surface area contributed by atoms with Gasteiger partial charge in [-0.15, -0.1) is 0 Å². The van der Waals surface area contributed by atoms with Crippen LogP contribution in [0.4, 0.5) is 0 Å².